The second kappa shape index (κ2) is 18.5. The van der Waals surface area contributed by atoms with Crippen molar-refractivity contribution in [3.05, 3.63) is 84.8 Å². The summed E-state index contributed by atoms with van der Waals surface area (Å²) in [4.78, 5) is 36.2. The van der Waals surface area contributed by atoms with Crippen LogP contribution in [0.3, 0.4) is 0 Å². The molecule has 2 amide bonds. The second-order valence-corrected chi connectivity index (χ2v) is 12.2. The number of aromatic nitrogens is 2. The van der Waals surface area contributed by atoms with Gasteiger partial charge in [0.25, 0.3) is 0 Å². The minimum absolute atomic E-state index is 0.00469. The third kappa shape index (κ3) is 11.1. The number of hydrogen-bond donors (Lipinski definition) is 5. The number of para-hydroxylation sites is 2. The normalized spacial score (nSPS) is 14.5. The Morgan fingerprint density at radius 2 is 1.76 bits per heavy atom. The number of anilines is 7. The number of nitrogens with one attached hydrogen (secondary N) is 4. The van der Waals surface area contributed by atoms with Crippen molar-refractivity contribution >= 4 is 52.0 Å². The number of likely N-dealkylation sites (tertiary alicyclic amines) is 1. The van der Waals surface area contributed by atoms with E-state index in [-0.39, 0.29) is 29.5 Å². The van der Waals surface area contributed by atoms with Crippen molar-refractivity contribution in [2.75, 3.05) is 67.0 Å². The fraction of sp³-hybridized carbons (Fsp3) is 0.351. The van der Waals surface area contributed by atoms with Crippen LogP contribution in [0.5, 0.6) is 5.75 Å². The number of amides is 2. The molecule has 1 fully saturated rings. The molecule has 0 aliphatic carbocycles. The number of methoxy groups -OCH3 is 1. The van der Waals surface area contributed by atoms with Crippen LogP contribution in [0.15, 0.2) is 79.0 Å². The van der Waals surface area contributed by atoms with Crippen molar-refractivity contribution in [1.29, 1.82) is 0 Å². The van der Waals surface area contributed by atoms with Crippen LogP contribution in [-0.4, -0.2) is 66.6 Å². The van der Waals surface area contributed by atoms with Gasteiger partial charge in [-0.25, -0.2) is 9.37 Å². The van der Waals surface area contributed by atoms with Crippen LogP contribution in [-0.2, 0) is 14.3 Å². The van der Waals surface area contributed by atoms with Crippen LogP contribution in [0.2, 0.25) is 0 Å². The average Bonchev–Trinajstić information content (AvgIpc) is 3.12. The van der Waals surface area contributed by atoms with Gasteiger partial charge in [0.05, 0.1) is 30.1 Å². The van der Waals surface area contributed by atoms with Crippen molar-refractivity contribution in [1.82, 2.24) is 14.9 Å². The molecule has 50 heavy (non-hydrogen) atoms. The summed E-state index contributed by atoms with van der Waals surface area (Å²) >= 11 is 0. The van der Waals surface area contributed by atoms with Gasteiger partial charge in [0.15, 0.2) is 11.6 Å². The number of nitrogens with two attached hydrogens (primary N) is 1. The minimum atomic E-state index is -0.616. The first-order valence-electron chi connectivity index (χ1n) is 16.9. The quantitative estimate of drug-likeness (QED) is 0.0610. The predicted octanol–water partition coefficient (Wildman–Crippen LogP) is 6.56. The number of halogens is 1. The third-order valence-electron chi connectivity index (χ3n) is 8.29. The zero-order valence-corrected chi connectivity index (χ0v) is 28.3. The number of rotatable bonds is 17. The molecule has 5 rings (SSSR count). The Morgan fingerprint density at radius 3 is 2.58 bits per heavy atom. The molecule has 1 aliphatic rings. The lowest BCUT2D eigenvalue weighted by molar-refractivity contribution is -0.121. The summed E-state index contributed by atoms with van der Waals surface area (Å²) in [5.41, 5.74) is 8.98. The highest BCUT2D eigenvalue weighted by molar-refractivity contribution is 5.94. The maximum absolute atomic E-state index is 14.7. The van der Waals surface area contributed by atoms with Gasteiger partial charge in [0.2, 0.25) is 17.8 Å². The number of nitrogen functional groups attached to an aromatic ring is 1. The monoisotopic (exact) mass is 684 g/mol. The molecule has 6 N–H and O–H groups in total. The van der Waals surface area contributed by atoms with Gasteiger partial charge < -0.3 is 41.4 Å². The molecule has 1 unspecified atom stereocenters. The molecule has 2 heterocycles. The zero-order valence-electron chi connectivity index (χ0n) is 28.3. The van der Waals surface area contributed by atoms with E-state index in [1.807, 2.05) is 24.3 Å². The van der Waals surface area contributed by atoms with Crippen LogP contribution in [0.25, 0.3) is 0 Å². The van der Waals surface area contributed by atoms with Gasteiger partial charge in [0, 0.05) is 37.1 Å². The number of carbonyl (C=O) groups is 2. The SMILES string of the molecule is COCCOc1ccc(Nc2ncc(F)c(Nc3cccc(NC(=O)C4CCCN(CCCCCC(=O)Nc5ccccc5N)C4)c3)n2)cc1. The molecular weight excluding hydrogens is 639 g/mol. The first kappa shape index (κ1) is 36.0. The topological polar surface area (TPSA) is 156 Å². The van der Waals surface area contributed by atoms with Crippen molar-refractivity contribution in [2.45, 2.75) is 38.5 Å². The Morgan fingerprint density at radius 1 is 0.940 bits per heavy atom. The number of ether oxygens (including phenoxy) is 2. The number of piperidine rings is 1. The summed E-state index contributed by atoms with van der Waals surface area (Å²) in [7, 11) is 1.62. The summed E-state index contributed by atoms with van der Waals surface area (Å²) in [6.45, 7) is 3.46. The van der Waals surface area contributed by atoms with Gasteiger partial charge in [-0.1, -0.05) is 24.6 Å². The van der Waals surface area contributed by atoms with E-state index in [0.29, 0.717) is 60.4 Å². The fourth-order valence-corrected chi connectivity index (χ4v) is 5.67. The molecule has 0 spiro atoms. The number of hydrogen-bond acceptors (Lipinski definition) is 10. The summed E-state index contributed by atoms with van der Waals surface area (Å²) in [6.07, 6.45) is 5.96. The van der Waals surface area contributed by atoms with Gasteiger partial charge in [-0.05, 0) is 93.4 Å². The highest BCUT2D eigenvalue weighted by Gasteiger charge is 2.25. The van der Waals surface area contributed by atoms with Crippen LogP contribution < -0.4 is 31.7 Å². The van der Waals surface area contributed by atoms with Crippen molar-refractivity contribution in [2.24, 2.45) is 5.92 Å². The summed E-state index contributed by atoms with van der Waals surface area (Å²) in [5, 5.41) is 12.0. The van der Waals surface area contributed by atoms with Gasteiger partial charge in [0.1, 0.15) is 12.4 Å². The molecule has 1 saturated heterocycles. The van der Waals surface area contributed by atoms with Gasteiger partial charge in [-0.2, -0.15) is 4.98 Å². The highest BCUT2D eigenvalue weighted by Crippen LogP contribution is 2.25. The van der Waals surface area contributed by atoms with Crippen molar-refractivity contribution < 1.29 is 23.5 Å². The van der Waals surface area contributed by atoms with Crippen LogP contribution in [0.1, 0.15) is 38.5 Å². The molecule has 264 valence electrons. The van der Waals surface area contributed by atoms with Gasteiger partial charge in [-0.3, -0.25) is 9.59 Å². The van der Waals surface area contributed by atoms with Crippen LogP contribution in [0, 0.1) is 11.7 Å². The van der Waals surface area contributed by atoms with Crippen molar-refractivity contribution in [3.8, 4) is 5.75 Å². The summed E-state index contributed by atoms with van der Waals surface area (Å²) < 4.78 is 25.3. The number of carbonyl (C=O) groups excluding carboxylic acids is 2. The van der Waals surface area contributed by atoms with E-state index in [2.05, 4.69) is 36.1 Å². The zero-order chi connectivity index (χ0) is 35.1. The highest BCUT2D eigenvalue weighted by atomic mass is 19.1. The molecular formula is C37H45FN8O4. The van der Waals surface area contributed by atoms with Gasteiger partial charge >= 0.3 is 0 Å². The Bertz CT molecular complexity index is 1710. The number of unbranched alkanes of at least 4 members (excludes halogenated alkanes) is 2. The van der Waals surface area contributed by atoms with Crippen LogP contribution in [0.4, 0.5) is 44.6 Å². The minimum Gasteiger partial charge on any atom is -0.491 e. The third-order valence-corrected chi connectivity index (χ3v) is 8.29. The molecule has 0 radical (unpaired) electrons. The van der Waals surface area contributed by atoms with Crippen molar-refractivity contribution in [3.63, 3.8) is 0 Å². The summed E-state index contributed by atoms with van der Waals surface area (Å²) in [5.74, 6) is 0.0736. The maximum atomic E-state index is 14.7. The molecule has 13 heteroatoms. The molecule has 1 atom stereocenters. The smallest absolute Gasteiger partial charge is 0.229 e. The first-order chi connectivity index (χ1) is 24.4. The molecule has 0 bridgehead atoms. The number of benzene rings is 3. The first-order valence-corrected chi connectivity index (χ1v) is 16.9. The Kier molecular flexibility index (Phi) is 13.3. The Hall–Kier alpha value is -5.27. The van der Waals surface area contributed by atoms with E-state index in [1.54, 1.807) is 55.6 Å². The molecule has 12 nitrogen and oxygen atoms in total. The molecule has 1 aromatic heterocycles. The molecule has 4 aromatic rings. The van der Waals surface area contributed by atoms with E-state index in [1.165, 1.54) is 0 Å². The molecule has 1 aliphatic heterocycles. The second-order valence-electron chi connectivity index (χ2n) is 12.2. The molecule has 0 saturated carbocycles. The maximum Gasteiger partial charge on any atom is 0.229 e. The average molecular weight is 685 g/mol. The van der Waals surface area contributed by atoms with E-state index in [4.69, 9.17) is 15.2 Å². The van der Waals surface area contributed by atoms with Gasteiger partial charge in [-0.15, -0.1) is 0 Å². The largest absolute Gasteiger partial charge is 0.491 e. The van der Waals surface area contributed by atoms with E-state index >= 15 is 0 Å². The number of nitrogens with zero attached hydrogens (tertiary/aromatic N) is 3. The lowest BCUT2D eigenvalue weighted by Crippen LogP contribution is -2.41. The van der Waals surface area contributed by atoms with E-state index in [0.717, 1.165) is 51.4 Å². The van der Waals surface area contributed by atoms with E-state index < -0.39 is 5.82 Å². The fourth-order valence-electron chi connectivity index (χ4n) is 5.67. The Balaban J connectivity index is 1.06. The standard InChI is InChI=1S/C37H45FN8O4/c1-49-21-22-50-30-17-15-27(16-18-30)43-37-40-24-31(38)35(45-37)41-28-10-7-11-29(23-28)42-36(48)26-9-8-20-46(25-26)19-6-2-3-14-34(47)44-33-13-5-4-12-32(33)39/h4-5,7,10-13,15-18,23-24,26H,2-3,6,8-9,14,19-22,25,39H2,1H3,(H,42,48)(H,44,47)(H2,40,41,43,45). The predicted molar refractivity (Wildman–Crippen MR) is 195 cm³/mol. The summed E-state index contributed by atoms with van der Waals surface area (Å²) in [6, 6.07) is 21.6. The van der Waals surface area contributed by atoms with Crippen LogP contribution >= 0.6 is 0 Å². The molecule has 3 aromatic carbocycles. The Labute approximate surface area is 292 Å². The van der Waals surface area contributed by atoms with E-state index in [9.17, 15) is 14.0 Å². The lowest BCUT2D eigenvalue weighted by atomic mass is 9.96. The lowest BCUT2D eigenvalue weighted by Gasteiger charge is -2.32.